The van der Waals surface area contributed by atoms with E-state index < -0.39 is 65.4 Å². The topological polar surface area (TPSA) is 314 Å². The molecule has 3 aromatic rings. The van der Waals surface area contributed by atoms with E-state index in [0.29, 0.717) is 0 Å². The van der Waals surface area contributed by atoms with Gasteiger partial charge in [0.1, 0.15) is 18.4 Å². The lowest BCUT2D eigenvalue weighted by Crippen LogP contribution is -2.26. The van der Waals surface area contributed by atoms with Crippen LogP contribution in [0.15, 0.2) is 30.6 Å². The number of nitrogens with zero attached hydrogens (tertiary/aromatic N) is 5. The molecule has 22 nitrogen and oxygen atoms in total. The second-order valence-electron chi connectivity index (χ2n) is 9.25. The summed E-state index contributed by atoms with van der Waals surface area (Å²) in [5.74, 6) is -0.947. The molecule has 3 unspecified atom stereocenters. The third-order valence-corrected chi connectivity index (χ3v) is 9.67. The third-order valence-electron chi connectivity index (χ3n) is 5.87. The highest BCUT2D eigenvalue weighted by Gasteiger charge is 2.43. The largest absolute Gasteiger partial charge is 0.490 e. The first-order valence-corrected chi connectivity index (χ1v) is 16.9. The van der Waals surface area contributed by atoms with Crippen LogP contribution in [0.3, 0.4) is 0 Å². The zero-order chi connectivity index (χ0) is 33.3. The van der Waals surface area contributed by atoms with Gasteiger partial charge in [0.05, 0.1) is 29.5 Å². The monoisotopic (exact) mass is 698 g/mol. The average Bonchev–Trinajstić information content (AvgIpc) is 3.48. The molecule has 6 N–H and O–H groups in total. The van der Waals surface area contributed by atoms with Crippen LogP contribution in [0.1, 0.15) is 38.2 Å². The van der Waals surface area contributed by atoms with E-state index in [2.05, 4.69) is 33.4 Å². The molecule has 1 aliphatic rings. The molecule has 1 amide bonds. The molecule has 1 aliphatic heterocycles. The maximum atomic E-state index is 12.1. The molecule has 4 rings (SSSR count). The van der Waals surface area contributed by atoms with Gasteiger partial charge >= 0.3 is 23.5 Å². The molecule has 1 saturated heterocycles. The highest BCUT2D eigenvalue weighted by Crippen LogP contribution is 2.66. The SMILES string of the molecule is CC(=O)Nc1nc(OC(C)c2ccccc2[N+](=O)[O-])c2ncn([C@H]3C[C@H](O)[C@@H](COP(=O)(O)OP(=O)(O)OP(=O)(O)O)O3)c2n1. The van der Waals surface area contributed by atoms with Crippen LogP contribution in [0, 0.1) is 10.1 Å². The Kier molecular flexibility index (Phi) is 10.2. The summed E-state index contributed by atoms with van der Waals surface area (Å²) in [6.45, 7) is 1.81. The highest BCUT2D eigenvalue weighted by molar-refractivity contribution is 7.66. The number of aliphatic hydroxyl groups is 1. The van der Waals surface area contributed by atoms with Gasteiger partial charge in [-0.2, -0.15) is 18.6 Å². The summed E-state index contributed by atoms with van der Waals surface area (Å²) >= 11 is 0. The quantitative estimate of drug-likeness (QED) is 0.0842. The van der Waals surface area contributed by atoms with Gasteiger partial charge in [-0.1, -0.05) is 12.1 Å². The Hall–Kier alpha value is -3.23. The predicted octanol–water partition coefficient (Wildman–Crippen LogP) is 1.82. The smallest absolute Gasteiger partial charge is 0.468 e. The molecule has 1 fully saturated rings. The number of nitro groups is 1. The number of imidazole rings is 1. The van der Waals surface area contributed by atoms with E-state index in [0.717, 1.165) is 0 Å². The molecule has 0 aliphatic carbocycles. The van der Waals surface area contributed by atoms with Gasteiger partial charge in [-0.3, -0.25) is 29.3 Å². The fourth-order valence-electron chi connectivity index (χ4n) is 4.13. The molecule has 0 bridgehead atoms. The van der Waals surface area contributed by atoms with Crippen molar-refractivity contribution in [3.8, 4) is 5.88 Å². The van der Waals surface area contributed by atoms with Gasteiger partial charge in [0.15, 0.2) is 11.2 Å². The van der Waals surface area contributed by atoms with Crippen LogP contribution in [0.2, 0.25) is 0 Å². The molecule has 246 valence electrons. The number of hydrogen-bond acceptors (Lipinski definition) is 15. The van der Waals surface area contributed by atoms with E-state index in [4.69, 9.17) is 19.3 Å². The number of aromatic nitrogens is 4. The lowest BCUT2D eigenvalue weighted by Gasteiger charge is -2.19. The number of phosphoric acid groups is 3. The van der Waals surface area contributed by atoms with Crippen molar-refractivity contribution in [3.63, 3.8) is 0 Å². The third kappa shape index (κ3) is 8.95. The molecule has 1 aromatic carbocycles. The molecule has 3 heterocycles. The number of nitro benzene ring substituents is 1. The molecule has 0 radical (unpaired) electrons. The zero-order valence-corrected chi connectivity index (χ0v) is 25.6. The number of amides is 1. The fourth-order valence-corrected chi connectivity index (χ4v) is 7.16. The minimum atomic E-state index is -5.76. The van der Waals surface area contributed by atoms with E-state index in [1.165, 1.54) is 42.9 Å². The van der Waals surface area contributed by atoms with Crippen LogP contribution in [0.4, 0.5) is 11.6 Å². The Morgan fingerprint density at radius 1 is 1.18 bits per heavy atom. The summed E-state index contributed by atoms with van der Waals surface area (Å²) in [7, 11) is -16.8. The van der Waals surface area contributed by atoms with Gasteiger partial charge in [-0.05, 0) is 13.0 Å². The Labute approximate surface area is 251 Å². The highest BCUT2D eigenvalue weighted by atomic mass is 31.3. The van der Waals surface area contributed by atoms with Crippen LogP contribution in [0.25, 0.3) is 11.2 Å². The van der Waals surface area contributed by atoms with Gasteiger partial charge in [0.2, 0.25) is 17.7 Å². The molecule has 45 heavy (non-hydrogen) atoms. The predicted molar refractivity (Wildman–Crippen MR) is 146 cm³/mol. The standard InChI is InChI=1S/C20H25N6O16P3/c1-10(12-5-3-4-6-13(12)26(29)30)39-19-17-18(23-20(24-19)22-11(2)27)25(9-21-17)16-7-14(28)15(40-16)8-38-44(34,35)42-45(36,37)41-43(31,32)33/h3-6,9-10,14-16,28H,7-8H2,1-2H3,(H,34,35)(H,36,37)(H2,31,32,33)(H,22,23,24,27)/t10?,14-,15+,16+/m0/s1. The first-order chi connectivity index (χ1) is 20.8. The Bertz CT molecular complexity index is 1750. The van der Waals surface area contributed by atoms with E-state index in [9.17, 15) is 43.5 Å². The van der Waals surface area contributed by atoms with E-state index in [-0.39, 0.29) is 40.7 Å². The lowest BCUT2D eigenvalue weighted by atomic mass is 10.1. The van der Waals surface area contributed by atoms with Crippen LogP contribution in [-0.2, 0) is 36.4 Å². The summed E-state index contributed by atoms with van der Waals surface area (Å²) in [5, 5.41) is 24.4. The Balaban J connectivity index is 1.56. The van der Waals surface area contributed by atoms with Crippen LogP contribution < -0.4 is 10.1 Å². The molecular formula is C20H25N6O16P3. The number of ether oxygens (including phenoxy) is 2. The second-order valence-corrected chi connectivity index (χ2v) is 13.7. The minimum Gasteiger partial charge on any atom is -0.468 e. The van der Waals surface area contributed by atoms with Gasteiger partial charge in [-0.25, -0.2) is 18.7 Å². The number of rotatable bonds is 13. The van der Waals surface area contributed by atoms with Gasteiger partial charge in [-0.15, -0.1) is 0 Å². The molecule has 2 aromatic heterocycles. The van der Waals surface area contributed by atoms with Crippen molar-refractivity contribution in [3.05, 3.63) is 46.3 Å². The van der Waals surface area contributed by atoms with E-state index in [1.807, 2.05) is 0 Å². The van der Waals surface area contributed by atoms with Gasteiger partial charge in [0.25, 0.3) is 5.69 Å². The second kappa shape index (κ2) is 13.2. The summed E-state index contributed by atoms with van der Waals surface area (Å²) in [4.78, 5) is 71.6. The molecule has 0 saturated carbocycles. The van der Waals surface area contributed by atoms with Crippen molar-refractivity contribution in [1.29, 1.82) is 0 Å². The van der Waals surface area contributed by atoms with E-state index >= 15 is 0 Å². The summed E-state index contributed by atoms with van der Waals surface area (Å²) in [6.07, 6.45) is -3.68. The number of carbonyl (C=O) groups excluding carboxylic acids is 1. The van der Waals surface area contributed by atoms with Crippen molar-refractivity contribution in [2.45, 2.75) is 44.8 Å². The molecular weight excluding hydrogens is 673 g/mol. The van der Waals surface area contributed by atoms with Crippen molar-refractivity contribution < 1.29 is 70.7 Å². The zero-order valence-electron chi connectivity index (χ0n) is 22.9. The number of benzene rings is 1. The van der Waals surface area contributed by atoms with Crippen LogP contribution in [0.5, 0.6) is 5.88 Å². The van der Waals surface area contributed by atoms with Gasteiger partial charge in [0, 0.05) is 19.4 Å². The Morgan fingerprint density at radius 2 is 1.87 bits per heavy atom. The van der Waals surface area contributed by atoms with Gasteiger partial charge < -0.3 is 34.2 Å². The summed E-state index contributed by atoms with van der Waals surface area (Å²) < 4.78 is 59.2. The Morgan fingerprint density at radius 3 is 2.51 bits per heavy atom. The first-order valence-electron chi connectivity index (χ1n) is 12.4. The minimum absolute atomic E-state index is 0.0178. The lowest BCUT2D eigenvalue weighted by molar-refractivity contribution is -0.386. The molecule has 0 spiro atoms. The van der Waals surface area contributed by atoms with Crippen LogP contribution >= 0.6 is 23.5 Å². The molecule has 6 atom stereocenters. The number of phosphoric ester groups is 1. The summed E-state index contributed by atoms with van der Waals surface area (Å²) in [6, 6.07) is 5.86. The first kappa shape index (κ1) is 34.6. The van der Waals surface area contributed by atoms with Crippen molar-refractivity contribution >= 4 is 52.2 Å². The van der Waals surface area contributed by atoms with Crippen molar-refractivity contribution in [2.75, 3.05) is 11.9 Å². The summed E-state index contributed by atoms with van der Waals surface area (Å²) in [5.41, 5.74) is 0.0583. The van der Waals surface area contributed by atoms with Crippen molar-refractivity contribution in [1.82, 2.24) is 19.5 Å². The van der Waals surface area contributed by atoms with E-state index in [1.54, 1.807) is 6.07 Å². The average molecular weight is 698 g/mol. The fraction of sp³-hybridized carbons (Fsp3) is 0.400. The number of carbonyl (C=O) groups is 1. The normalized spacial score (nSPS) is 22.0. The van der Waals surface area contributed by atoms with Crippen LogP contribution in [-0.4, -0.2) is 73.8 Å². The van der Waals surface area contributed by atoms with Crippen molar-refractivity contribution in [2.24, 2.45) is 0 Å². The number of anilines is 1. The maximum absolute atomic E-state index is 12.1. The number of aliphatic hydroxyl groups excluding tert-OH is 1. The molecule has 25 heteroatoms. The number of nitrogens with one attached hydrogen (secondary N) is 1. The number of hydrogen-bond donors (Lipinski definition) is 6. The number of fused-ring (bicyclic) bond motifs is 1. The maximum Gasteiger partial charge on any atom is 0.490 e. The number of para-hydroxylation sites is 1.